The molecule has 28 heavy (non-hydrogen) atoms. The van der Waals surface area contributed by atoms with Gasteiger partial charge < -0.3 is 10.1 Å². The van der Waals surface area contributed by atoms with Crippen molar-refractivity contribution in [3.8, 4) is 5.75 Å². The molecule has 0 saturated heterocycles. The average molecular weight is 376 g/mol. The summed E-state index contributed by atoms with van der Waals surface area (Å²) in [7, 11) is 1.58. The normalized spacial score (nSPS) is 11.5. The zero-order valence-corrected chi connectivity index (χ0v) is 15.4. The van der Waals surface area contributed by atoms with E-state index in [1.54, 1.807) is 61.7 Å². The van der Waals surface area contributed by atoms with E-state index < -0.39 is 23.3 Å². The van der Waals surface area contributed by atoms with Gasteiger partial charge in [0, 0.05) is 24.4 Å². The van der Waals surface area contributed by atoms with Gasteiger partial charge in [0.25, 0.3) is 11.5 Å². The summed E-state index contributed by atoms with van der Waals surface area (Å²) in [5.74, 6) is -0.276. The molecule has 1 N–H and O–H groups in total. The van der Waals surface area contributed by atoms with Crippen LogP contribution in [0.2, 0.25) is 0 Å². The molecule has 1 aromatic heterocycles. The third kappa shape index (κ3) is 4.35. The number of pyridine rings is 1. The standard InChI is InChI=1S/C22H20N2O4/c1-28-18-12-10-16(11-13-18)15-23-22(27)20(24-14-6-5-9-19(24)25)21(26)17-7-3-2-4-8-17/h2-14,20H,15H2,1H3,(H,23,27)/t20-/m1/s1. The molecule has 0 spiro atoms. The lowest BCUT2D eigenvalue weighted by atomic mass is 10.0. The second kappa shape index (κ2) is 8.81. The van der Waals surface area contributed by atoms with Crippen LogP contribution in [0, 0.1) is 0 Å². The predicted molar refractivity (Wildman–Crippen MR) is 105 cm³/mol. The Hall–Kier alpha value is -3.67. The first-order valence-electron chi connectivity index (χ1n) is 8.77. The number of benzene rings is 2. The van der Waals surface area contributed by atoms with Crippen molar-refractivity contribution in [3.63, 3.8) is 0 Å². The van der Waals surface area contributed by atoms with Crippen molar-refractivity contribution in [3.05, 3.63) is 100 Å². The number of methoxy groups -OCH3 is 1. The highest BCUT2D eigenvalue weighted by molar-refractivity contribution is 6.11. The van der Waals surface area contributed by atoms with Gasteiger partial charge in [-0.1, -0.05) is 48.5 Å². The van der Waals surface area contributed by atoms with Gasteiger partial charge in [-0.15, -0.1) is 0 Å². The zero-order chi connectivity index (χ0) is 19.9. The topological polar surface area (TPSA) is 77.4 Å². The number of hydrogen-bond acceptors (Lipinski definition) is 4. The van der Waals surface area contributed by atoms with E-state index in [0.29, 0.717) is 11.3 Å². The van der Waals surface area contributed by atoms with Crippen LogP contribution in [0.3, 0.4) is 0 Å². The average Bonchev–Trinajstić information content (AvgIpc) is 2.74. The summed E-state index contributed by atoms with van der Waals surface area (Å²) >= 11 is 0. The zero-order valence-electron chi connectivity index (χ0n) is 15.4. The van der Waals surface area contributed by atoms with Crippen LogP contribution in [0.4, 0.5) is 0 Å². The van der Waals surface area contributed by atoms with Crippen LogP contribution in [-0.2, 0) is 11.3 Å². The lowest BCUT2D eigenvalue weighted by Gasteiger charge is -2.18. The quantitative estimate of drug-likeness (QED) is 0.508. The number of amides is 1. The van der Waals surface area contributed by atoms with Crippen LogP contribution in [-0.4, -0.2) is 23.4 Å². The molecule has 0 bridgehead atoms. The van der Waals surface area contributed by atoms with E-state index in [4.69, 9.17) is 4.74 Å². The molecule has 6 nitrogen and oxygen atoms in total. The molecule has 3 aromatic rings. The fourth-order valence-corrected chi connectivity index (χ4v) is 2.81. The van der Waals surface area contributed by atoms with Crippen LogP contribution in [0.15, 0.2) is 83.8 Å². The van der Waals surface area contributed by atoms with Crippen molar-refractivity contribution in [2.24, 2.45) is 0 Å². The lowest BCUT2D eigenvalue weighted by molar-refractivity contribution is -0.123. The Labute approximate surface area is 162 Å². The Morgan fingerprint density at radius 2 is 1.64 bits per heavy atom. The van der Waals surface area contributed by atoms with E-state index in [-0.39, 0.29) is 6.54 Å². The van der Waals surface area contributed by atoms with Gasteiger partial charge in [0.15, 0.2) is 11.8 Å². The smallest absolute Gasteiger partial charge is 0.251 e. The highest BCUT2D eigenvalue weighted by Crippen LogP contribution is 2.15. The Morgan fingerprint density at radius 3 is 2.29 bits per heavy atom. The van der Waals surface area contributed by atoms with Crippen molar-refractivity contribution in [1.29, 1.82) is 0 Å². The van der Waals surface area contributed by atoms with Gasteiger partial charge in [-0.05, 0) is 23.8 Å². The molecule has 0 unspecified atom stereocenters. The van der Waals surface area contributed by atoms with Gasteiger partial charge in [-0.3, -0.25) is 19.0 Å². The molecule has 1 heterocycles. The van der Waals surface area contributed by atoms with Gasteiger partial charge in [0.2, 0.25) is 0 Å². The summed E-state index contributed by atoms with van der Waals surface area (Å²) in [6, 6.07) is 18.9. The summed E-state index contributed by atoms with van der Waals surface area (Å²) in [5.41, 5.74) is 0.791. The van der Waals surface area contributed by atoms with Crippen LogP contribution in [0.5, 0.6) is 5.75 Å². The van der Waals surface area contributed by atoms with E-state index in [1.807, 2.05) is 12.1 Å². The fraction of sp³-hybridized carbons (Fsp3) is 0.136. The van der Waals surface area contributed by atoms with Crippen molar-refractivity contribution in [1.82, 2.24) is 9.88 Å². The minimum atomic E-state index is -1.28. The number of Topliss-reactive ketones (excluding diaryl/α,β-unsaturated/α-hetero) is 1. The Kier molecular flexibility index (Phi) is 6.01. The Bertz CT molecular complexity index is 1010. The van der Waals surface area contributed by atoms with Crippen LogP contribution >= 0.6 is 0 Å². The van der Waals surface area contributed by atoms with E-state index in [0.717, 1.165) is 10.1 Å². The molecule has 2 aromatic carbocycles. The maximum Gasteiger partial charge on any atom is 0.251 e. The molecule has 0 aliphatic rings. The van der Waals surface area contributed by atoms with E-state index in [2.05, 4.69) is 5.32 Å². The van der Waals surface area contributed by atoms with Gasteiger partial charge in [-0.25, -0.2) is 0 Å². The number of hydrogen-bond donors (Lipinski definition) is 1. The number of ether oxygens (including phenoxy) is 1. The molecule has 1 atom stereocenters. The molecule has 0 saturated carbocycles. The fourth-order valence-electron chi connectivity index (χ4n) is 2.81. The van der Waals surface area contributed by atoms with Crippen molar-refractivity contribution >= 4 is 11.7 Å². The second-order valence-corrected chi connectivity index (χ2v) is 6.14. The number of carbonyl (C=O) groups excluding carboxylic acids is 2. The molecular weight excluding hydrogens is 356 g/mol. The minimum Gasteiger partial charge on any atom is -0.497 e. The van der Waals surface area contributed by atoms with Gasteiger partial charge in [0.1, 0.15) is 5.75 Å². The van der Waals surface area contributed by atoms with E-state index in [9.17, 15) is 14.4 Å². The summed E-state index contributed by atoms with van der Waals surface area (Å²) in [5, 5.41) is 2.75. The Balaban J connectivity index is 1.85. The molecule has 142 valence electrons. The highest BCUT2D eigenvalue weighted by Gasteiger charge is 2.29. The number of rotatable bonds is 7. The third-order valence-electron chi connectivity index (χ3n) is 4.31. The molecule has 0 fully saturated rings. The monoisotopic (exact) mass is 376 g/mol. The summed E-state index contributed by atoms with van der Waals surface area (Å²) in [6.07, 6.45) is 1.45. The first-order valence-corrected chi connectivity index (χ1v) is 8.77. The number of aromatic nitrogens is 1. The maximum absolute atomic E-state index is 13.0. The van der Waals surface area contributed by atoms with Gasteiger partial charge >= 0.3 is 0 Å². The largest absolute Gasteiger partial charge is 0.497 e. The predicted octanol–water partition coefficient (Wildman–Crippen LogP) is 2.60. The van der Waals surface area contributed by atoms with Crippen LogP contribution < -0.4 is 15.6 Å². The molecule has 3 rings (SSSR count). The Morgan fingerprint density at radius 1 is 0.964 bits per heavy atom. The number of nitrogens with zero attached hydrogens (tertiary/aromatic N) is 1. The minimum absolute atomic E-state index is 0.225. The summed E-state index contributed by atoms with van der Waals surface area (Å²) < 4.78 is 6.27. The molecule has 0 aliphatic heterocycles. The molecule has 0 radical (unpaired) electrons. The molecule has 6 heteroatoms. The highest BCUT2D eigenvalue weighted by atomic mass is 16.5. The van der Waals surface area contributed by atoms with Crippen LogP contribution in [0.25, 0.3) is 0 Å². The van der Waals surface area contributed by atoms with Gasteiger partial charge in [0.05, 0.1) is 7.11 Å². The first-order chi connectivity index (χ1) is 13.6. The summed E-state index contributed by atoms with van der Waals surface area (Å²) in [4.78, 5) is 38.1. The van der Waals surface area contributed by atoms with E-state index >= 15 is 0 Å². The maximum atomic E-state index is 13.0. The van der Waals surface area contributed by atoms with Crippen molar-refractivity contribution in [2.75, 3.05) is 7.11 Å². The van der Waals surface area contributed by atoms with Crippen molar-refractivity contribution in [2.45, 2.75) is 12.6 Å². The summed E-state index contributed by atoms with van der Waals surface area (Å²) in [6.45, 7) is 0.225. The molecule has 1 amide bonds. The third-order valence-corrected chi connectivity index (χ3v) is 4.31. The number of ketones is 1. The van der Waals surface area contributed by atoms with Gasteiger partial charge in [-0.2, -0.15) is 0 Å². The number of carbonyl (C=O) groups is 2. The molecule has 0 aliphatic carbocycles. The second-order valence-electron chi connectivity index (χ2n) is 6.14. The van der Waals surface area contributed by atoms with E-state index in [1.165, 1.54) is 12.3 Å². The first kappa shape index (κ1) is 19.1. The SMILES string of the molecule is COc1ccc(CNC(=O)[C@@H](C(=O)c2ccccc2)n2ccccc2=O)cc1. The van der Waals surface area contributed by atoms with Crippen molar-refractivity contribution < 1.29 is 14.3 Å². The van der Waals surface area contributed by atoms with Crippen LogP contribution in [0.1, 0.15) is 22.0 Å². The number of nitrogens with one attached hydrogen (secondary N) is 1. The molecular formula is C22H20N2O4. The lowest BCUT2D eigenvalue weighted by Crippen LogP contribution is -2.41.